The number of halogens is 1. The second-order valence-corrected chi connectivity index (χ2v) is 8.82. The maximum absolute atomic E-state index is 14.1. The molecule has 28 heavy (non-hydrogen) atoms. The summed E-state index contributed by atoms with van der Waals surface area (Å²) in [7, 11) is 0. The van der Waals surface area contributed by atoms with Crippen LogP contribution in [-0.2, 0) is 0 Å². The molecule has 0 atom stereocenters. The Kier molecular flexibility index (Phi) is 7.87. The summed E-state index contributed by atoms with van der Waals surface area (Å²) in [5.74, 6) is 2.41. The SMILES string of the molecule is CCCC1CCC(C2CCC(COc3ccc(OCC)c(F)c3O)CC2)CC1. The molecular formula is C24H37FO3. The van der Waals surface area contributed by atoms with Gasteiger partial charge >= 0.3 is 0 Å². The Labute approximate surface area is 169 Å². The first-order valence-electron chi connectivity index (χ1n) is 11.4. The van der Waals surface area contributed by atoms with Crippen molar-refractivity contribution in [2.75, 3.05) is 13.2 Å². The average Bonchev–Trinajstić information content (AvgIpc) is 2.72. The molecule has 3 nitrogen and oxygen atoms in total. The molecular weight excluding hydrogens is 355 g/mol. The molecule has 2 fully saturated rings. The number of ether oxygens (including phenoxy) is 2. The van der Waals surface area contributed by atoms with E-state index in [4.69, 9.17) is 9.47 Å². The monoisotopic (exact) mass is 392 g/mol. The standard InChI is InChI=1S/C24H37FO3/c1-3-5-17-6-10-19(11-7-17)20-12-8-18(9-13-20)16-28-22-15-14-21(27-4-2)23(25)24(22)26/h14-15,17-20,26H,3-13,16H2,1-2H3. The molecule has 0 radical (unpaired) electrons. The van der Waals surface area contributed by atoms with E-state index in [0.717, 1.165) is 17.8 Å². The van der Waals surface area contributed by atoms with Crippen molar-refractivity contribution in [3.8, 4) is 17.2 Å². The van der Waals surface area contributed by atoms with Crippen molar-refractivity contribution in [2.24, 2.45) is 23.7 Å². The van der Waals surface area contributed by atoms with Gasteiger partial charge in [0.15, 0.2) is 17.2 Å². The first-order chi connectivity index (χ1) is 13.6. The number of hydrogen-bond acceptors (Lipinski definition) is 3. The molecule has 1 aromatic carbocycles. The van der Waals surface area contributed by atoms with Crippen molar-refractivity contribution >= 4 is 0 Å². The number of aromatic hydroxyl groups is 1. The van der Waals surface area contributed by atoms with Crippen LogP contribution in [0, 0.1) is 29.5 Å². The predicted molar refractivity (Wildman–Crippen MR) is 111 cm³/mol. The number of phenolic OH excluding ortho intramolecular Hbond substituents is 1. The third-order valence-electron chi connectivity index (χ3n) is 6.96. The van der Waals surface area contributed by atoms with Gasteiger partial charge in [0.1, 0.15) is 0 Å². The zero-order chi connectivity index (χ0) is 19.9. The quantitative estimate of drug-likeness (QED) is 0.533. The van der Waals surface area contributed by atoms with Gasteiger partial charge in [-0.1, -0.05) is 32.6 Å². The van der Waals surface area contributed by atoms with Gasteiger partial charge in [-0.15, -0.1) is 0 Å². The molecule has 2 saturated carbocycles. The third kappa shape index (κ3) is 5.33. The Bertz CT molecular complexity index is 602. The van der Waals surface area contributed by atoms with E-state index in [-0.39, 0.29) is 11.5 Å². The lowest BCUT2D eigenvalue weighted by molar-refractivity contribution is 0.120. The van der Waals surface area contributed by atoms with Crippen LogP contribution < -0.4 is 9.47 Å². The topological polar surface area (TPSA) is 38.7 Å². The molecule has 1 N–H and O–H groups in total. The number of phenols is 1. The molecule has 0 saturated heterocycles. The van der Waals surface area contributed by atoms with E-state index >= 15 is 0 Å². The molecule has 0 amide bonds. The first-order valence-corrected chi connectivity index (χ1v) is 11.4. The maximum atomic E-state index is 14.1. The molecule has 2 aliphatic carbocycles. The lowest BCUT2D eigenvalue weighted by atomic mass is 9.69. The van der Waals surface area contributed by atoms with Crippen LogP contribution in [0.4, 0.5) is 4.39 Å². The van der Waals surface area contributed by atoms with Gasteiger partial charge in [-0.25, -0.2) is 0 Å². The molecule has 1 aromatic rings. The van der Waals surface area contributed by atoms with Gasteiger partial charge in [-0.05, 0) is 81.3 Å². The van der Waals surface area contributed by atoms with Crippen molar-refractivity contribution in [3.63, 3.8) is 0 Å². The van der Waals surface area contributed by atoms with Gasteiger partial charge in [-0.2, -0.15) is 4.39 Å². The lowest BCUT2D eigenvalue weighted by Crippen LogP contribution is -2.27. The largest absolute Gasteiger partial charge is 0.502 e. The van der Waals surface area contributed by atoms with Crippen LogP contribution in [0.15, 0.2) is 12.1 Å². The summed E-state index contributed by atoms with van der Waals surface area (Å²) < 4.78 is 25.0. The van der Waals surface area contributed by atoms with E-state index in [2.05, 4.69) is 6.92 Å². The Balaban J connectivity index is 1.42. The lowest BCUT2D eigenvalue weighted by Gasteiger charge is -2.37. The second kappa shape index (κ2) is 10.4. The van der Waals surface area contributed by atoms with E-state index in [9.17, 15) is 9.50 Å². The fraction of sp³-hybridized carbons (Fsp3) is 0.750. The number of hydrogen-bond donors (Lipinski definition) is 1. The zero-order valence-electron chi connectivity index (χ0n) is 17.6. The summed E-state index contributed by atoms with van der Waals surface area (Å²) in [6.07, 6.45) is 13.4. The van der Waals surface area contributed by atoms with Crippen molar-refractivity contribution < 1.29 is 19.0 Å². The van der Waals surface area contributed by atoms with E-state index in [1.807, 2.05) is 0 Å². The van der Waals surface area contributed by atoms with Crippen molar-refractivity contribution in [1.29, 1.82) is 0 Å². The summed E-state index contributed by atoms with van der Waals surface area (Å²) in [4.78, 5) is 0. The van der Waals surface area contributed by atoms with Crippen molar-refractivity contribution in [1.82, 2.24) is 0 Å². The van der Waals surface area contributed by atoms with E-state index < -0.39 is 11.6 Å². The van der Waals surface area contributed by atoms with Gasteiger partial charge in [0.05, 0.1) is 13.2 Å². The molecule has 2 aliphatic rings. The molecule has 0 aliphatic heterocycles. The summed E-state index contributed by atoms with van der Waals surface area (Å²) in [6.45, 7) is 5.00. The maximum Gasteiger partial charge on any atom is 0.210 e. The van der Waals surface area contributed by atoms with Crippen LogP contribution in [0.25, 0.3) is 0 Å². The summed E-state index contributed by atoms with van der Waals surface area (Å²) in [6, 6.07) is 3.13. The van der Waals surface area contributed by atoms with Crippen LogP contribution >= 0.6 is 0 Å². The van der Waals surface area contributed by atoms with Crippen LogP contribution in [0.1, 0.15) is 78.1 Å². The Morgan fingerprint density at radius 2 is 1.43 bits per heavy atom. The minimum atomic E-state index is -0.735. The van der Waals surface area contributed by atoms with Crippen molar-refractivity contribution in [3.05, 3.63) is 17.9 Å². The molecule has 0 bridgehead atoms. The first kappa shape index (κ1) is 21.3. The highest BCUT2D eigenvalue weighted by Crippen LogP contribution is 2.42. The molecule has 3 rings (SSSR count). The average molecular weight is 393 g/mol. The minimum Gasteiger partial charge on any atom is -0.502 e. The Morgan fingerprint density at radius 3 is 2.00 bits per heavy atom. The highest BCUT2D eigenvalue weighted by atomic mass is 19.1. The van der Waals surface area contributed by atoms with E-state index in [0.29, 0.717) is 19.1 Å². The molecule has 0 unspecified atom stereocenters. The predicted octanol–water partition coefficient (Wildman–Crippen LogP) is 6.72. The summed E-state index contributed by atoms with van der Waals surface area (Å²) in [5.41, 5.74) is 0. The van der Waals surface area contributed by atoms with Gasteiger partial charge in [-0.3, -0.25) is 0 Å². The number of rotatable bonds is 8. The zero-order valence-corrected chi connectivity index (χ0v) is 17.6. The van der Waals surface area contributed by atoms with Gasteiger partial charge in [0, 0.05) is 0 Å². The van der Waals surface area contributed by atoms with Gasteiger partial charge in [0.2, 0.25) is 5.82 Å². The molecule has 0 aromatic heterocycles. The summed E-state index contributed by atoms with van der Waals surface area (Å²) >= 11 is 0. The minimum absolute atomic E-state index is 0.0708. The van der Waals surface area contributed by atoms with Crippen LogP contribution in [0.5, 0.6) is 17.2 Å². The molecule has 158 valence electrons. The highest BCUT2D eigenvalue weighted by Gasteiger charge is 2.31. The second-order valence-electron chi connectivity index (χ2n) is 8.82. The Morgan fingerprint density at radius 1 is 0.857 bits per heavy atom. The fourth-order valence-electron chi connectivity index (χ4n) is 5.30. The fourth-order valence-corrected chi connectivity index (χ4v) is 5.30. The molecule has 4 heteroatoms. The Hall–Kier alpha value is -1.45. The molecule has 0 spiro atoms. The molecule has 0 heterocycles. The van der Waals surface area contributed by atoms with Gasteiger partial charge < -0.3 is 14.6 Å². The van der Waals surface area contributed by atoms with Gasteiger partial charge in [0.25, 0.3) is 0 Å². The summed E-state index contributed by atoms with van der Waals surface area (Å²) in [5, 5.41) is 10.0. The van der Waals surface area contributed by atoms with Crippen LogP contribution in [-0.4, -0.2) is 18.3 Å². The van der Waals surface area contributed by atoms with E-state index in [1.54, 1.807) is 13.0 Å². The smallest absolute Gasteiger partial charge is 0.210 e. The number of benzene rings is 1. The van der Waals surface area contributed by atoms with Crippen LogP contribution in [0.2, 0.25) is 0 Å². The van der Waals surface area contributed by atoms with Crippen LogP contribution in [0.3, 0.4) is 0 Å². The highest BCUT2D eigenvalue weighted by molar-refractivity contribution is 5.46. The third-order valence-corrected chi connectivity index (χ3v) is 6.96. The van der Waals surface area contributed by atoms with E-state index in [1.165, 1.54) is 70.3 Å². The van der Waals surface area contributed by atoms with Crippen molar-refractivity contribution in [2.45, 2.75) is 78.1 Å². The normalized spacial score (nSPS) is 28.1.